The van der Waals surface area contributed by atoms with Crippen molar-refractivity contribution >= 4 is 11.4 Å². The molecule has 0 heterocycles. The minimum atomic E-state index is 0.113. The van der Waals surface area contributed by atoms with Crippen LogP contribution in [0.3, 0.4) is 0 Å². The molecule has 2 nitrogen and oxygen atoms in total. The molecule has 4 fully saturated rings. The van der Waals surface area contributed by atoms with Crippen LogP contribution < -0.4 is 5.73 Å². The van der Waals surface area contributed by atoms with Crippen molar-refractivity contribution in [3.05, 3.63) is 53.6 Å². The van der Waals surface area contributed by atoms with Crippen molar-refractivity contribution in [1.29, 1.82) is 0 Å². The van der Waals surface area contributed by atoms with Crippen LogP contribution in [0.5, 0.6) is 0 Å². The van der Waals surface area contributed by atoms with Crippen molar-refractivity contribution in [3.8, 4) is 0 Å². The number of rotatable bonds is 4. The van der Waals surface area contributed by atoms with Crippen LogP contribution in [0, 0.1) is 56.7 Å². The zero-order chi connectivity index (χ0) is 28.9. The molecule has 9 atom stereocenters. The maximum Gasteiger partial charge on any atom is 0.159 e. The zero-order valence-corrected chi connectivity index (χ0v) is 26.5. The molecule has 0 saturated heterocycles. The molecule has 0 aliphatic heterocycles. The van der Waals surface area contributed by atoms with E-state index in [1.54, 1.807) is 6.92 Å². The fourth-order valence-electron chi connectivity index (χ4n) is 12.6. The quantitative estimate of drug-likeness (QED) is 0.305. The Morgan fingerprint density at radius 2 is 1.57 bits per heavy atom. The monoisotopic (exact) mass is 541 g/mol. The van der Waals surface area contributed by atoms with Crippen molar-refractivity contribution in [1.82, 2.24) is 0 Å². The lowest BCUT2D eigenvalue weighted by Gasteiger charge is -2.72. The number of carbonyl (C=O) groups excluding carboxylic acids is 1. The van der Waals surface area contributed by atoms with E-state index < -0.39 is 0 Å². The summed E-state index contributed by atoms with van der Waals surface area (Å²) < 4.78 is 0. The van der Waals surface area contributed by atoms with Crippen LogP contribution in [0.2, 0.25) is 0 Å². The molecule has 0 bridgehead atoms. The van der Waals surface area contributed by atoms with Crippen molar-refractivity contribution < 1.29 is 4.79 Å². The number of nitrogens with two attached hydrogens (primary N) is 1. The Morgan fingerprint density at radius 1 is 0.875 bits per heavy atom. The number of carbonyl (C=O) groups is 1. The summed E-state index contributed by atoms with van der Waals surface area (Å²) in [5.41, 5.74) is 13.2. The molecule has 4 saturated carbocycles. The number of allylic oxidation sites excluding steroid dienone is 3. The van der Waals surface area contributed by atoms with E-state index in [9.17, 15) is 4.79 Å². The molecule has 0 amide bonds. The van der Waals surface area contributed by atoms with Gasteiger partial charge in [0.05, 0.1) is 0 Å². The molecule has 1 aromatic carbocycles. The van der Waals surface area contributed by atoms with Gasteiger partial charge in [0.2, 0.25) is 0 Å². The van der Waals surface area contributed by atoms with Gasteiger partial charge in [-0.05, 0) is 146 Å². The van der Waals surface area contributed by atoms with Gasteiger partial charge in [-0.3, -0.25) is 4.79 Å². The molecule has 40 heavy (non-hydrogen) atoms. The highest BCUT2D eigenvalue weighted by Gasteiger charge is 2.70. The van der Waals surface area contributed by atoms with E-state index in [-0.39, 0.29) is 11.2 Å². The molecule has 5 aliphatic rings. The molecule has 218 valence electrons. The number of fused-ring (bicyclic) bond motifs is 7. The first-order chi connectivity index (χ1) is 18.7. The molecule has 5 aliphatic carbocycles. The topological polar surface area (TPSA) is 43.1 Å². The molecule has 0 unspecified atom stereocenters. The van der Waals surface area contributed by atoms with Crippen molar-refractivity contribution in [2.24, 2.45) is 62.4 Å². The molecule has 0 spiro atoms. The third kappa shape index (κ3) is 3.59. The van der Waals surface area contributed by atoms with Crippen LogP contribution in [0.4, 0.5) is 0 Å². The molecule has 2 heteroatoms. The third-order valence-corrected chi connectivity index (χ3v) is 14.8. The predicted octanol–water partition coefficient (Wildman–Crippen LogP) is 9.50. The molecule has 0 radical (unpaired) electrons. The first-order valence-electron chi connectivity index (χ1n) is 16.4. The van der Waals surface area contributed by atoms with E-state index in [2.05, 4.69) is 66.3 Å². The van der Waals surface area contributed by atoms with Gasteiger partial charge in [-0.25, -0.2) is 0 Å². The number of Topliss-reactive ketones (excluding diaryl/α,β-unsaturated/α-hetero) is 1. The lowest BCUT2D eigenvalue weighted by atomic mass is 9.32. The lowest BCUT2D eigenvalue weighted by molar-refractivity contribution is -0.224. The Balaban J connectivity index is 1.36. The van der Waals surface area contributed by atoms with Gasteiger partial charge in [-0.1, -0.05) is 77.1 Å². The SMILES string of the molecule is C=C(C)[C@@H]1CC[C@]2(CN)CC[C@]3(C)[C@H](CC[C@@H]4[C@@]5(C)CC=C(c6ccc(C(C)=O)cc6)C(C)(C)[C@@H]5CC[C@]43C)[C@@H]12. The average Bonchev–Trinajstić information content (AvgIpc) is 3.29. The third-order valence-electron chi connectivity index (χ3n) is 14.8. The summed E-state index contributed by atoms with van der Waals surface area (Å²) in [5, 5.41) is 0. The van der Waals surface area contributed by atoms with Crippen molar-refractivity contribution in [2.75, 3.05) is 6.54 Å². The summed E-state index contributed by atoms with van der Waals surface area (Å²) in [6.45, 7) is 22.5. The van der Waals surface area contributed by atoms with E-state index in [1.807, 2.05) is 12.1 Å². The van der Waals surface area contributed by atoms with Gasteiger partial charge in [0, 0.05) is 5.56 Å². The second kappa shape index (κ2) is 9.16. The Morgan fingerprint density at radius 3 is 2.20 bits per heavy atom. The molecule has 0 aromatic heterocycles. The Kier molecular flexibility index (Phi) is 6.52. The normalized spacial score (nSPS) is 45.4. The molecule has 6 rings (SSSR count). The van der Waals surface area contributed by atoms with E-state index in [4.69, 9.17) is 5.73 Å². The highest BCUT2D eigenvalue weighted by Crippen LogP contribution is 2.77. The summed E-state index contributed by atoms with van der Waals surface area (Å²) in [4.78, 5) is 11.9. The van der Waals surface area contributed by atoms with Gasteiger partial charge in [-0.15, -0.1) is 0 Å². The Labute approximate surface area is 244 Å². The van der Waals surface area contributed by atoms with Gasteiger partial charge >= 0.3 is 0 Å². The minimum absolute atomic E-state index is 0.113. The highest BCUT2D eigenvalue weighted by atomic mass is 16.1. The maximum absolute atomic E-state index is 11.9. The van der Waals surface area contributed by atoms with Crippen LogP contribution in [-0.2, 0) is 0 Å². The lowest BCUT2D eigenvalue weighted by Crippen LogP contribution is -2.65. The summed E-state index contributed by atoms with van der Waals surface area (Å²) in [5.74, 6) is 3.74. The fraction of sp³-hybridized carbons (Fsp3) is 0.711. The first-order valence-corrected chi connectivity index (χ1v) is 16.4. The van der Waals surface area contributed by atoms with Gasteiger partial charge in [0.1, 0.15) is 0 Å². The van der Waals surface area contributed by atoms with E-state index in [1.165, 1.54) is 74.5 Å². The Bertz CT molecular complexity index is 1240. The predicted molar refractivity (Wildman–Crippen MR) is 168 cm³/mol. The summed E-state index contributed by atoms with van der Waals surface area (Å²) in [6.07, 6.45) is 14.5. The van der Waals surface area contributed by atoms with E-state index in [0.717, 1.165) is 29.9 Å². The number of benzene rings is 1. The van der Waals surface area contributed by atoms with Crippen LogP contribution in [0.15, 0.2) is 42.5 Å². The average molecular weight is 542 g/mol. The second-order valence-electron chi connectivity index (χ2n) is 16.4. The van der Waals surface area contributed by atoms with Gasteiger partial charge in [0.25, 0.3) is 0 Å². The first kappa shape index (κ1) is 28.4. The molecule has 1 aromatic rings. The van der Waals surface area contributed by atoms with Crippen LogP contribution in [-0.4, -0.2) is 12.3 Å². The largest absolute Gasteiger partial charge is 0.330 e. The number of hydrogen-bond acceptors (Lipinski definition) is 2. The van der Waals surface area contributed by atoms with E-state index >= 15 is 0 Å². The molecular formula is C38H55NO. The highest BCUT2D eigenvalue weighted by molar-refractivity contribution is 5.94. The summed E-state index contributed by atoms with van der Waals surface area (Å²) in [6, 6.07) is 8.43. The summed E-state index contributed by atoms with van der Waals surface area (Å²) in [7, 11) is 0. The zero-order valence-electron chi connectivity index (χ0n) is 26.5. The van der Waals surface area contributed by atoms with Gasteiger partial charge in [0.15, 0.2) is 5.78 Å². The minimum Gasteiger partial charge on any atom is -0.330 e. The van der Waals surface area contributed by atoms with Crippen LogP contribution in [0.25, 0.3) is 5.57 Å². The van der Waals surface area contributed by atoms with Crippen molar-refractivity contribution in [2.45, 2.75) is 106 Å². The Hall–Kier alpha value is -1.67. The number of ketones is 1. The van der Waals surface area contributed by atoms with Crippen LogP contribution >= 0.6 is 0 Å². The van der Waals surface area contributed by atoms with Gasteiger partial charge < -0.3 is 5.73 Å². The smallest absolute Gasteiger partial charge is 0.159 e. The standard InChI is InChI=1S/C38H55NO/c1-24(2)28-15-20-38(23-39)22-21-36(7)30(33(28)38)13-14-32-35(6)18-16-29(27-11-9-26(10-12-27)25(3)40)34(4,5)31(35)17-19-37(32,36)8/h9-12,16,28,30-33H,1,13-15,17-23,39H2,2-8H3/t28-,30+,31-,32+,33+,35-,36+,37+,38+/m0/s1. The van der Waals surface area contributed by atoms with Gasteiger partial charge in [-0.2, -0.15) is 0 Å². The fourth-order valence-corrected chi connectivity index (χ4v) is 12.6. The number of hydrogen-bond donors (Lipinski definition) is 1. The molecular weight excluding hydrogens is 486 g/mol. The molecule has 2 N–H and O–H groups in total. The summed E-state index contributed by atoms with van der Waals surface area (Å²) >= 11 is 0. The second-order valence-corrected chi connectivity index (χ2v) is 16.4. The van der Waals surface area contributed by atoms with Crippen molar-refractivity contribution in [3.63, 3.8) is 0 Å². The van der Waals surface area contributed by atoms with Crippen LogP contribution in [0.1, 0.15) is 122 Å². The van der Waals surface area contributed by atoms with E-state index in [0.29, 0.717) is 33.5 Å². The maximum atomic E-state index is 11.9.